The summed E-state index contributed by atoms with van der Waals surface area (Å²) < 4.78 is 11.3. The molecule has 0 spiro atoms. The van der Waals surface area contributed by atoms with E-state index in [0.717, 1.165) is 49.7 Å². The molecule has 2 rings (SSSR count). The number of alkyl halides is 1. The average molecular weight is 307 g/mol. The lowest BCUT2D eigenvalue weighted by Crippen LogP contribution is -2.01. The molecule has 3 heteroatoms. The van der Waals surface area contributed by atoms with Crippen LogP contribution in [0.3, 0.4) is 0 Å². The largest absolute Gasteiger partial charge is 0.497 e. The van der Waals surface area contributed by atoms with E-state index in [4.69, 9.17) is 21.1 Å². The second-order valence-corrected chi connectivity index (χ2v) is 5.46. The summed E-state index contributed by atoms with van der Waals surface area (Å²) in [5, 5.41) is 2.44. The molecule has 0 amide bonds. The van der Waals surface area contributed by atoms with Gasteiger partial charge in [0.2, 0.25) is 0 Å². The minimum absolute atomic E-state index is 0.734. The Morgan fingerprint density at radius 1 is 1.05 bits per heavy atom. The number of hydrogen-bond acceptors (Lipinski definition) is 2. The van der Waals surface area contributed by atoms with Crippen LogP contribution in [0.5, 0.6) is 11.5 Å². The van der Waals surface area contributed by atoms with Crippen molar-refractivity contribution in [3.05, 3.63) is 35.9 Å². The summed E-state index contributed by atoms with van der Waals surface area (Å²) >= 11 is 5.68. The van der Waals surface area contributed by atoms with Crippen LogP contribution in [0.1, 0.15) is 31.7 Å². The van der Waals surface area contributed by atoms with Crippen LogP contribution in [0.15, 0.2) is 30.3 Å². The lowest BCUT2D eigenvalue weighted by Gasteiger charge is -2.14. The maximum absolute atomic E-state index is 5.96. The molecular formula is C18H23ClO2. The molecule has 0 aliphatic heterocycles. The van der Waals surface area contributed by atoms with E-state index in [-0.39, 0.29) is 0 Å². The molecule has 2 nitrogen and oxygen atoms in total. The Hall–Kier alpha value is -1.41. The molecule has 0 aliphatic rings. The van der Waals surface area contributed by atoms with Gasteiger partial charge in [0, 0.05) is 11.4 Å². The SMILES string of the molecule is CCc1c(OCCCCCCl)ccc2cc(OC)ccc12. The van der Waals surface area contributed by atoms with Crippen LogP contribution >= 0.6 is 11.6 Å². The van der Waals surface area contributed by atoms with Gasteiger partial charge in [0.15, 0.2) is 0 Å². The predicted octanol–water partition coefficient (Wildman–Crippen LogP) is 5.20. The monoisotopic (exact) mass is 306 g/mol. The maximum atomic E-state index is 5.96. The van der Waals surface area contributed by atoms with Crippen molar-refractivity contribution in [3.8, 4) is 11.5 Å². The number of ether oxygens (including phenoxy) is 2. The van der Waals surface area contributed by atoms with Gasteiger partial charge >= 0.3 is 0 Å². The van der Waals surface area contributed by atoms with Crippen molar-refractivity contribution in [2.45, 2.75) is 32.6 Å². The molecule has 0 bridgehead atoms. The molecule has 0 atom stereocenters. The highest BCUT2D eigenvalue weighted by molar-refractivity contribution is 6.17. The molecule has 0 fully saturated rings. The molecule has 0 saturated carbocycles. The Morgan fingerprint density at radius 2 is 1.90 bits per heavy atom. The number of benzene rings is 2. The van der Waals surface area contributed by atoms with Crippen LogP contribution in [0.4, 0.5) is 0 Å². The van der Waals surface area contributed by atoms with Gasteiger partial charge in [0.25, 0.3) is 0 Å². The van der Waals surface area contributed by atoms with E-state index in [2.05, 4.69) is 31.2 Å². The van der Waals surface area contributed by atoms with Gasteiger partial charge in [0.1, 0.15) is 11.5 Å². The highest BCUT2D eigenvalue weighted by Gasteiger charge is 2.08. The molecule has 0 aromatic heterocycles. The Bertz CT molecular complexity index is 581. The van der Waals surface area contributed by atoms with Gasteiger partial charge in [-0.15, -0.1) is 11.6 Å². The van der Waals surface area contributed by atoms with Crippen LogP contribution in [-0.2, 0) is 6.42 Å². The summed E-state index contributed by atoms with van der Waals surface area (Å²) in [6.07, 6.45) is 4.19. The predicted molar refractivity (Wildman–Crippen MR) is 89.9 cm³/mol. The van der Waals surface area contributed by atoms with E-state index in [1.54, 1.807) is 7.11 Å². The Kier molecular flexibility index (Phi) is 6.19. The Labute approximate surface area is 132 Å². The fraction of sp³-hybridized carbons (Fsp3) is 0.444. The van der Waals surface area contributed by atoms with Gasteiger partial charge < -0.3 is 9.47 Å². The van der Waals surface area contributed by atoms with Crippen molar-refractivity contribution in [2.24, 2.45) is 0 Å². The van der Waals surface area contributed by atoms with E-state index in [9.17, 15) is 0 Å². The second-order valence-electron chi connectivity index (χ2n) is 5.08. The first-order valence-corrected chi connectivity index (χ1v) is 8.12. The zero-order valence-electron chi connectivity index (χ0n) is 12.8. The molecule has 0 unspecified atom stereocenters. The minimum Gasteiger partial charge on any atom is -0.497 e. The molecular weight excluding hydrogens is 284 g/mol. The van der Waals surface area contributed by atoms with Crippen LogP contribution < -0.4 is 9.47 Å². The van der Waals surface area contributed by atoms with Crippen LogP contribution in [0.2, 0.25) is 0 Å². The lowest BCUT2D eigenvalue weighted by molar-refractivity contribution is 0.304. The summed E-state index contributed by atoms with van der Waals surface area (Å²) in [6, 6.07) is 10.4. The summed E-state index contributed by atoms with van der Waals surface area (Å²) in [5.41, 5.74) is 1.27. The fourth-order valence-electron chi connectivity index (χ4n) is 2.53. The maximum Gasteiger partial charge on any atom is 0.123 e. The first kappa shape index (κ1) is 16.0. The fourth-order valence-corrected chi connectivity index (χ4v) is 2.72. The van der Waals surface area contributed by atoms with Crippen molar-refractivity contribution in [1.82, 2.24) is 0 Å². The van der Waals surface area contributed by atoms with Crippen LogP contribution in [0.25, 0.3) is 10.8 Å². The molecule has 0 saturated heterocycles. The average Bonchev–Trinajstić information content (AvgIpc) is 2.53. The number of unbranched alkanes of at least 4 members (excludes halogenated alkanes) is 2. The summed E-state index contributed by atoms with van der Waals surface area (Å²) in [6.45, 7) is 2.92. The third kappa shape index (κ3) is 4.04. The first-order chi connectivity index (χ1) is 10.3. The highest BCUT2D eigenvalue weighted by Crippen LogP contribution is 2.31. The Morgan fingerprint density at radius 3 is 2.62 bits per heavy atom. The first-order valence-electron chi connectivity index (χ1n) is 7.58. The molecule has 21 heavy (non-hydrogen) atoms. The smallest absolute Gasteiger partial charge is 0.123 e. The van der Waals surface area contributed by atoms with E-state index >= 15 is 0 Å². The van der Waals surface area contributed by atoms with Crippen LogP contribution in [-0.4, -0.2) is 19.6 Å². The number of fused-ring (bicyclic) bond motifs is 1. The topological polar surface area (TPSA) is 18.5 Å². The normalized spacial score (nSPS) is 10.8. The molecule has 0 radical (unpaired) electrons. The lowest BCUT2D eigenvalue weighted by atomic mass is 10.0. The van der Waals surface area contributed by atoms with Gasteiger partial charge in [-0.25, -0.2) is 0 Å². The van der Waals surface area contributed by atoms with E-state index in [0.29, 0.717) is 0 Å². The van der Waals surface area contributed by atoms with Crippen LogP contribution in [0, 0.1) is 0 Å². The van der Waals surface area contributed by atoms with E-state index < -0.39 is 0 Å². The number of aryl methyl sites for hydroxylation is 1. The number of rotatable bonds is 8. The number of methoxy groups -OCH3 is 1. The van der Waals surface area contributed by atoms with Crippen molar-refractivity contribution < 1.29 is 9.47 Å². The molecule has 114 valence electrons. The second kappa shape index (κ2) is 8.14. The van der Waals surface area contributed by atoms with Gasteiger partial charge in [-0.1, -0.05) is 19.1 Å². The third-order valence-electron chi connectivity index (χ3n) is 3.68. The van der Waals surface area contributed by atoms with Crippen molar-refractivity contribution in [2.75, 3.05) is 19.6 Å². The number of hydrogen-bond donors (Lipinski definition) is 0. The van der Waals surface area contributed by atoms with E-state index in [1.807, 2.05) is 6.07 Å². The highest BCUT2D eigenvalue weighted by atomic mass is 35.5. The quantitative estimate of drug-likeness (QED) is 0.493. The zero-order chi connectivity index (χ0) is 15.1. The molecule has 2 aromatic rings. The van der Waals surface area contributed by atoms with E-state index in [1.165, 1.54) is 16.3 Å². The standard InChI is InChI=1S/C18H23ClO2/c1-3-16-17-9-8-15(20-2)13-14(17)7-10-18(16)21-12-6-4-5-11-19/h7-10,13H,3-6,11-12H2,1-2H3. The molecule has 0 heterocycles. The van der Waals surface area contributed by atoms with Gasteiger partial charge in [0.05, 0.1) is 13.7 Å². The van der Waals surface area contributed by atoms with Gasteiger partial charge in [-0.3, -0.25) is 0 Å². The minimum atomic E-state index is 0.734. The van der Waals surface area contributed by atoms with Gasteiger partial charge in [-0.2, -0.15) is 0 Å². The molecule has 0 N–H and O–H groups in total. The molecule has 0 aliphatic carbocycles. The summed E-state index contributed by atoms with van der Waals surface area (Å²) in [7, 11) is 1.69. The van der Waals surface area contributed by atoms with Crippen molar-refractivity contribution in [3.63, 3.8) is 0 Å². The third-order valence-corrected chi connectivity index (χ3v) is 3.95. The number of halogens is 1. The Balaban J connectivity index is 2.16. The zero-order valence-corrected chi connectivity index (χ0v) is 13.6. The van der Waals surface area contributed by atoms with Gasteiger partial charge in [-0.05, 0) is 54.7 Å². The van der Waals surface area contributed by atoms with Crippen molar-refractivity contribution >= 4 is 22.4 Å². The summed E-state index contributed by atoms with van der Waals surface area (Å²) in [4.78, 5) is 0. The van der Waals surface area contributed by atoms with Crippen molar-refractivity contribution in [1.29, 1.82) is 0 Å². The summed E-state index contributed by atoms with van der Waals surface area (Å²) in [5.74, 6) is 2.62. The molecule has 2 aromatic carbocycles.